The van der Waals surface area contributed by atoms with Gasteiger partial charge in [-0.2, -0.15) is 5.10 Å². The van der Waals surface area contributed by atoms with Crippen molar-refractivity contribution in [1.82, 2.24) is 5.01 Å². The van der Waals surface area contributed by atoms with E-state index >= 15 is 0 Å². The summed E-state index contributed by atoms with van der Waals surface area (Å²) in [4.78, 5) is 10.5. The highest BCUT2D eigenvalue weighted by Gasteiger charge is 2.26. The zero-order valence-electron chi connectivity index (χ0n) is 6.84. The van der Waals surface area contributed by atoms with E-state index in [4.69, 9.17) is 0 Å². The van der Waals surface area contributed by atoms with Crippen molar-refractivity contribution in [3.05, 3.63) is 23.8 Å². The molecule has 0 fully saturated rings. The zero-order chi connectivity index (χ0) is 8.55. The van der Waals surface area contributed by atoms with Gasteiger partial charge >= 0.3 is 0 Å². The predicted octanol–water partition coefficient (Wildman–Crippen LogP) is 0.597. The fourth-order valence-corrected chi connectivity index (χ4v) is 1.56. The average Bonchev–Trinajstić information content (AvgIpc) is 2.47. The molecule has 1 heterocycles. The first-order chi connectivity index (χ1) is 5.81. The van der Waals surface area contributed by atoms with Crippen molar-refractivity contribution in [2.24, 2.45) is 11.0 Å². The van der Waals surface area contributed by atoms with E-state index < -0.39 is 0 Å². The second kappa shape index (κ2) is 2.59. The highest BCUT2D eigenvalue weighted by molar-refractivity contribution is 5.81. The first kappa shape index (κ1) is 7.28. The van der Waals surface area contributed by atoms with Gasteiger partial charge in [-0.1, -0.05) is 18.2 Å². The van der Waals surface area contributed by atoms with Gasteiger partial charge < -0.3 is 0 Å². The van der Waals surface area contributed by atoms with Crippen LogP contribution in [0.5, 0.6) is 0 Å². The van der Waals surface area contributed by atoms with E-state index in [1.54, 1.807) is 0 Å². The molecule has 0 radical (unpaired) electrons. The molecule has 2 atom stereocenters. The predicted molar refractivity (Wildman–Crippen MR) is 46.8 cm³/mol. The maximum atomic E-state index is 10.5. The number of allylic oxidation sites excluding steroid dienone is 2. The molecule has 0 amide bonds. The number of hydrogen-bond acceptors (Lipinski definition) is 3. The number of rotatable bonds is 1. The molecule has 0 saturated heterocycles. The van der Waals surface area contributed by atoms with Crippen LogP contribution in [0.4, 0.5) is 0 Å². The summed E-state index contributed by atoms with van der Waals surface area (Å²) in [6.45, 7) is 0. The number of nitrogens with zero attached hydrogens (tertiary/aromatic N) is 2. The molecule has 2 unspecified atom stereocenters. The molecular formula is C9H10N2O. The fourth-order valence-electron chi connectivity index (χ4n) is 1.56. The third kappa shape index (κ3) is 0.978. The summed E-state index contributed by atoms with van der Waals surface area (Å²) < 4.78 is 0. The van der Waals surface area contributed by atoms with Crippen molar-refractivity contribution in [1.29, 1.82) is 0 Å². The zero-order valence-corrected chi connectivity index (χ0v) is 6.84. The van der Waals surface area contributed by atoms with Gasteiger partial charge in [-0.3, -0.25) is 9.80 Å². The quantitative estimate of drug-likeness (QED) is 0.529. The van der Waals surface area contributed by atoms with Crippen molar-refractivity contribution in [2.75, 3.05) is 7.05 Å². The molecule has 1 aliphatic heterocycles. The average molecular weight is 162 g/mol. The van der Waals surface area contributed by atoms with E-state index in [1.807, 2.05) is 36.5 Å². The van der Waals surface area contributed by atoms with Gasteiger partial charge in [0, 0.05) is 24.8 Å². The van der Waals surface area contributed by atoms with E-state index in [9.17, 15) is 4.79 Å². The molecule has 2 aliphatic rings. The molecule has 0 saturated carbocycles. The molecule has 62 valence electrons. The molecule has 2 rings (SSSR count). The standard InChI is InChI=1S/C9H10N2O/c1-11-9-3-2-7(6-12)4-8(9)5-10-11/h2-6,8-9H,1H3. The number of hydrazone groups is 1. The van der Waals surface area contributed by atoms with Crippen LogP contribution >= 0.6 is 0 Å². The summed E-state index contributed by atoms with van der Waals surface area (Å²) in [5, 5.41) is 6.05. The Bertz CT molecular complexity index is 291. The number of aldehydes is 1. The van der Waals surface area contributed by atoms with Crippen molar-refractivity contribution < 1.29 is 4.79 Å². The molecule has 3 nitrogen and oxygen atoms in total. The van der Waals surface area contributed by atoms with Gasteiger partial charge in [-0.15, -0.1) is 0 Å². The Morgan fingerprint density at radius 1 is 1.67 bits per heavy atom. The molecule has 0 bridgehead atoms. The maximum Gasteiger partial charge on any atom is 0.149 e. The Hall–Kier alpha value is -1.38. The lowest BCUT2D eigenvalue weighted by Gasteiger charge is -2.21. The Balaban J connectivity index is 2.26. The molecule has 0 N–H and O–H groups in total. The molecule has 1 aliphatic carbocycles. The SMILES string of the molecule is CN1N=CC2C=C(C=O)C=CC21. The second-order valence-corrected chi connectivity index (χ2v) is 3.05. The molecule has 0 aromatic carbocycles. The summed E-state index contributed by atoms with van der Waals surface area (Å²) >= 11 is 0. The first-order valence-electron chi connectivity index (χ1n) is 3.93. The van der Waals surface area contributed by atoms with Crippen LogP contribution in [0.15, 0.2) is 28.9 Å². The van der Waals surface area contributed by atoms with E-state index in [0.717, 1.165) is 11.9 Å². The third-order valence-corrected chi connectivity index (χ3v) is 2.25. The van der Waals surface area contributed by atoms with Gasteiger partial charge in [0.15, 0.2) is 0 Å². The van der Waals surface area contributed by atoms with Crippen LogP contribution in [0.2, 0.25) is 0 Å². The number of hydrogen-bond donors (Lipinski definition) is 0. The summed E-state index contributed by atoms with van der Waals surface area (Å²) in [5.41, 5.74) is 0.748. The van der Waals surface area contributed by atoms with E-state index in [0.29, 0.717) is 6.04 Å². The van der Waals surface area contributed by atoms with Gasteiger partial charge in [0.25, 0.3) is 0 Å². The van der Waals surface area contributed by atoms with Crippen LogP contribution in [0.3, 0.4) is 0 Å². The number of carbonyl (C=O) groups excluding carboxylic acids is 1. The van der Waals surface area contributed by atoms with Gasteiger partial charge in [-0.25, -0.2) is 0 Å². The smallest absolute Gasteiger partial charge is 0.149 e. The summed E-state index contributed by atoms with van der Waals surface area (Å²) in [6.07, 6.45) is 8.56. The first-order valence-corrected chi connectivity index (χ1v) is 3.93. The molecule has 12 heavy (non-hydrogen) atoms. The minimum Gasteiger partial charge on any atom is -0.298 e. The number of fused-ring (bicyclic) bond motifs is 1. The van der Waals surface area contributed by atoms with Gasteiger partial charge in [0.05, 0.1) is 6.04 Å². The third-order valence-electron chi connectivity index (χ3n) is 2.25. The maximum absolute atomic E-state index is 10.5. The van der Waals surface area contributed by atoms with E-state index in [-0.39, 0.29) is 5.92 Å². The molecular weight excluding hydrogens is 152 g/mol. The highest BCUT2D eigenvalue weighted by atomic mass is 16.1. The van der Waals surface area contributed by atoms with E-state index in [1.165, 1.54) is 0 Å². The lowest BCUT2D eigenvalue weighted by atomic mass is 9.94. The van der Waals surface area contributed by atoms with Gasteiger partial charge in [0.1, 0.15) is 6.29 Å². The van der Waals surface area contributed by atoms with Crippen LogP contribution in [-0.4, -0.2) is 30.6 Å². The minimum absolute atomic E-state index is 0.278. The number of likely N-dealkylation sites (N-methyl/N-ethyl adjacent to an activating group) is 1. The topological polar surface area (TPSA) is 32.7 Å². The van der Waals surface area contributed by atoms with Gasteiger partial charge in [0.2, 0.25) is 0 Å². The van der Waals surface area contributed by atoms with Crippen molar-refractivity contribution in [3.8, 4) is 0 Å². The lowest BCUT2D eigenvalue weighted by Crippen LogP contribution is -2.28. The Labute approximate surface area is 71.1 Å². The normalized spacial score (nSPS) is 31.8. The fraction of sp³-hybridized carbons (Fsp3) is 0.333. The Morgan fingerprint density at radius 2 is 2.50 bits per heavy atom. The van der Waals surface area contributed by atoms with Gasteiger partial charge in [-0.05, 0) is 0 Å². The van der Waals surface area contributed by atoms with Crippen LogP contribution in [-0.2, 0) is 4.79 Å². The van der Waals surface area contributed by atoms with Crippen molar-refractivity contribution in [3.63, 3.8) is 0 Å². The highest BCUT2D eigenvalue weighted by Crippen LogP contribution is 2.23. The molecule has 0 aromatic heterocycles. The Morgan fingerprint density at radius 3 is 3.25 bits per heavy atom. The second-order valence-electron chi connectivity index (χ2n) is 3.05. The van der Waals surface area contributed by atoms with Crippen molar-refractivity contribution >= 4 is 12.5 Å². The van der Waals surface area contributed by atoms with Crippen LogP contribution in [0.25, 0.3) is 0 Å². The summed E-state index contributed by atoms with van der Waals surface area (Å²) in [6, 6.07) is 0.314. The molecule has 0 aromatic rings. The molecule has 3 heteroatoms. The summed E-state index contributed by atoms with van der Waals surface area (Å²) in [5.74, 6) is 0.278. The minimum atomic E-state index is 0.278. The van der Waals surface area contributed by atoms with Crippen LogP contribution in [0, 0.1) is 5.92 Å². The van der Waals surface area contributed by atoms with Crippen molar-refractivity contribution in [2.45, 2.75) is 6.04 Å². The monoisotopic (exact) mass is 162 g/mol. The van der Waals surface area contributed by atoms with Crippen LogP contribution in [0.1, 0.15) is 0 Å². The van der Waals surface area contributed by atoms with E-state index in [2.05, 4.69) is 5.10 Å². The summed E-state index contributed by atoms with van der Waals surface area (Å²) in [7, 11) is 1.94. The number of carbonyl (C=O) groups is 1. The lowest BCUT2D eigenvalue weighted by molar-refractivity contribution is -0.104. The largest absolute Gasteiger partial charge is 0.298 e. The van der Waals surface area contributed by atoms with Crippen LogP contribution < -0.4 is 0 Å². The Kier molecular flexibility index (Phi) is 1.57. The molecule has 0 spiro atoms.